The Hall–Kier alpha value is -2.38. The topological polar surface area (TPSA) is 59.4 Å². The van der Waals surface area contributed by atoms with Gasteiger partial charge in [0.1, 0.15) is 6.33 Å². The first-order valence-corrected chi connectivity index (χ1v) is 5.30. The van der Waals surface area contributed by atoms with Gasteiger partial charge in [-0.3, -0.25) is 9.77 Å². The number of fused-ring (bicyclic) bond motifs is 1. The van der Waals surface area contributed by atoms with E-state index in [-0.39, 0.29) is 11.4 Å². The Balaban J connectivity index is 2.34. The lowest BCUT2D eigenvalue weighted by molar-refractivity contribution is -0.137. The van der Waals surface area contributed by atoms with Crippen LogP contribution in [0.15, 0.2) is 24.7 Å². The van der Waals surface area contributed by atoms with Crippen LogP contribution in [0.1, 0.15) is 5.56 Å². The summed E-state index contributed by atoms with van der Waals surface area (Å²) in [6.45, 7) is 0. The summed E-state index contributed by atoms with van der Waals surface area (Å²) in [5, 5.41) is 8.88. The summed E-state index contributed by atoms with van der Waals surface area (Å²) in [6.07, 6.45) is -1.91. The minimum Gasteiger partial charge on any atom is -0.268 e. The van der Waals surface area contributed by atoms with Crippen molar-refractivity contribution in [1.82, 2.24) is 25.0 Å². The van der Waals surface area contributed by atoms with E-state index in [4.69, 9.17) is 1.41 Å². The van der Waals surface area contributed by atoms with Crippen LogP contribution in [0.5, 0.6) is 0 Å². The maximum absolute atomic E-state index is 12.9. The van der Waals surface area contributed by atoms with Gasteiger partial charge in [0, 0.05) is 18.0 Å². The average Bonchev–Trinajstić information content (AvgIpc) is 2.94. The number of aromatic amines is 1. The van der Waals surface area contributed by atoms with Crippen LogP contribution < -0.4 is 0 Å². The lowest BCUT2D eigenvalue weighted by Crippen LogP contribution is -2.06. The number of hydrogen-bond acceptors (Lipinski definition) is 3. The zero-order valence-corrected chi connectivity index (χ0v) is 9.68. The maximum atomic E-state index is 12.9. The fourth-order valence-corrected chi connectivity index (χ4v) is 1.91. The lowest BCUT2D eigenvalue weighted by Gasteiger charge is -2.09. The first kappa shape index (κ1) is 10.5. The highest BCUT2D eigenvalue weighted by Gasteiger charge is 2.32. The molecule has 3 rings (SSSR count). The molecule has 1 aromatic carbocycles. The monoisotopic (exact) mass is 268 g/mol. The summed E-state index contributed by atoms with van der Waals surface area (Å²) in [5.74, 6) is 0.0594. The number of rotatable bonds is 1. The molecule has 5 nitrogen and oxygen atoms in total. The second-order valence-corrected chi connectivity index (χ2v) is 4.01. The van der Waals surface area contributed by atoms with Crippen molar-refractivity contribution in [3.8, 4) is 11.4 Å². The molecule has 0 unspecified atom stereocenters. The average molecular weight is 268 g/mol. The predicted octanol–water partition coefficient (Wildman–Crippen LogP) is 2.38. The van der Waals surface area contributed by atoms with Gasteiger partial charge in [0.25, 0.3) is 0 Å². The number of nitrogens with zero attached hydrogens (tertiary/aromatic N) is 4. The number of nitrogens with one attached hydrogen (secondary N) is 1. The lowest BCUT2D eigenvalue weighted by atomic mass is 10.1. The third kappa shape index (κ3) is 1.85. The number of H-pyrrole nitrogens is 1. The number of alkyl halides is 3. The van der Waals surface area contributed by atoms with Gasteiger partial charge in [-0.2, -0.15) is 23.4 Å². The van der Waals surface area contributed by atoms with Gasteiger partial charge >= 0.3 is 6.18 Å². The predicted molar refractivity (Wildman–Crippen MR) is 61.1 cm³/mol. The number of aryl methyl sites for hydroxylation is 1. The van der Waals surface area contributed by atoms with Crippen LogP contribution in [0.25, 0.3) is 22.3 Å². The van der Waals surface area contributed by atoms with Crippen LogP contribution >= 0.6 is 0 Å². The number of hydrogen-bond donors (Lipinski definition) is 1. The molecule has 0 spiro atoms. The molecule has 2 aromatic heterocycles. The van der Waals surface area contributed by atoms with Gasteiger partial charge in [-0.15, -0.1) is 0 Å². The van der Waals surface area contributed by atoms with Gasteiger partial charge in [0.2, 0.25) is 0 Å². The summed E-state index contributed by atoms with van der Waals surface area (Å²) in [4.78, 5) is 3.83. The molecule has 3 aromatic rings. The second-order valence-electron chi connectivity index (χ2n) is 4.01. The molecule has 0 saturated carbocycles. The molecule has 0 fully saturated rings. The molecule has 0 aliphatic heterocycles. The molecular formula is C11H8F3N5. The Morgan fingerprint density at radius 2 is 2.16 bits per heavy atom. The smallest absolute Gasteiger partial charge is 0.268 e. The summed E-state index contributed by atoms with van der Waals surface area (Å²) in [5.41, 5.74) is -0.269. The van der Waals surface area contributed by atoms with E-state index in [1.165, 1.54) is 10.9 Å². The second kappa shape index (κ2) is 3.81. The van der Waals surface area contributed by atoms with E-state index < -0.39 is 11.7 Å². The minimum atomic E-state index is -4.48. The molecule has 0 radical (unpaired) electrons. The molecule has 0 amide bonds. The van der Waals surface area contributed by atoms with E-state index in [1.54, 1.807) is 7.05 Å². The third-order valence-electron chi connectivity index (χ3n) is 2.82. The van der Waals surface area contributed by atoms with E-state index in [1.807, 2.05) is 0 Å². The molecular weight excluding hydrogens is 259 g/mol. The van der Waals surface area contributed by atoms with Gasteiger partial charge in [0.15, 0.2) is 7.24 Å². The largest absolute Gasteiger partial charge is 0.416 e. The van der Waals surface area contributed by atoms with Crippen molar-refractivity contribution in [3.63, 3.8) is 0 Å². The summed E-state index contributed by atoms with van der Waals surface area (Å²) >= 11 is 0. The first-order valence-electron chi connectivity index (χ1n) is 5.75. The highest BCUT2D eigenvalue weighted by Crippen LogP contribution is 2.35. The zero-order chi connectivity index (χ0) is 14.5. The number of halogens is 3. The molecule has 19 heavy (non-hydrogen) atoms. The number of benzene rings is 1. The SMILES string of the molecule is [2H]n1cnc(-c2cc(C(F)(F)F)cc3c2cnn3C)n1. The third-order valence-corrected chi connectivity index (χ3v) is 2.82. The van der Waals surface area contributed by atoms with Gasteiger partial charge in [0.05, 0.1) is 17.3 Å². The van der Waals surface area contributed by atoms with Crippen LogP contribution in [0, 0.1) is 0 Å². The van der Waals surface area contributed by atoms with Crippen LogP contribution in [0.2, 0.25) is 1.41 Å². The molecule has 98 valence electrons. The van der Waals surface area contributed by atoms with Crippen molar-refractivity contribution in [3.05, 3.63) is 30.2 Å². The van der Waals surface area contributed by atoms with Crippen LogP contribution in [-0.4, -0.2) is 25.0 Å². The van der Waals surface area contributed by atoms with E-state index in [2.05, 4.69) is 15.2 Å². The van der Waals surface area contributed by atoms with Gasteiger partial charge < -0.3 is 0 Å². The molecule has 0 aliphatic rings. The molecule has 2 heterocycles. The van der Waals surface area contributed by atoms with Crippen LogP contribution in [-0.2, 0) is 13.2 Å². The maximum Gasteiger partial charge on any atom is 0.416 e. The normalized spacial score (nSPS) is 12.9. The fraction of sp³-hybridized carbons (Fsp3) is 0.182. The first-order chi connectivity index (χ1) is 9.36. The highest BCUT2D eigenvalue weighted by molar-refractivity contribution is 5.93. The Bertz CT molecular complexity index is 789. The standard InChI is InChI=1S/C11H8F3N5/c1-19-9-3-6(11(12,13)14)2-7(8(9)4-17-19)10-15-5-16-18-10/h2-5H,1H3,(H,15,16,18)/i/hD. The summed E-state index contributed by atoms with van der Waals surface area (Å²) in [6, 6.07) is 2.00. The fourth-order valence-electron chi connectivity index (χ4n) is 1.91. The Morgan fingerprint density at radius 3 is 2.79 bits per heavy atom. The van der Waals surface area contributed by atoms with Gasteiger partial charge in [-0.1, -0.05) is 0 Å². The van der Waals surface area contributed by atoms with Crippen LogP contribution in [0.3, 0.4) is 0 Å². The molecule has 8 heteroatoms. The van der Waals surface area contributed by atoms with Crippen molar-refractivity contribution in [2.24, 2.45) is 7.05 Å². The van der Waals surface area contributed by atoms with Crippen molar-refractivity contribution in [2.75, 3.05) is 0 Å². The molecule has 1 N–H and O–H groups in total. The van der Waals surface area contributed by atoms with Crippen molar-refractivity contribution >= 4 is 10.9 Å². The Morgan fingerprint density at radius 1 is 1.37 bits per heavy atom. The van der Waals surface area contributed by atoms with Gasteiger partial charge in [-0.25, -0.2) is 4.98 Å². The van der Waals surface area contributed by atoms with Crippen molar-refractivity contribution in [1.29, 1.82) is 0 Å². The Kier molecular flexibility index (Phi) is 2.11. The van der Waals surface area contributed by atoms with Crippen LogP contribution in [0.4, 0.5) is 13.2 Å². The van der Waals surface area contributed by atoms with E-state index in [0.717, 1.165) is 18.5 Å². The highest BCUT2D eigenvalue weighted by atomic mass is 19.4. The zero-order valence-electron chi connectivity index (χ0n) is 10.7. The molecule has 0 saturated heterocycles. The van der Waals surface area contributed by atoms with Crippen molar-refractivity contribution in [2.45, 2.75) is 6.18 Å². The molecule has 0 aliphatic carbocycles. The van der Waals surface area contributed by atoms with E-state index in [9.17, 15) is 13.2 Å². The van der Waals surface area contributed by atoms with Crippen molar-refractivity contribution < 1.29 is 14.6 Å². The molecule has 0 atom stereocenters. The van der Waals surface area contributed by atoms with E-state index in [0.29, 0.717) is 16.0 Å². The molecule has 0 bridgehead atoms. The summed E-state index contributed by atoms with van der Waals surface area (Å²) < 4.78 is 47.4. The summed E-state index contributed by atoms with van der Waals surface area (Å²) in [7, 11) is 1.56. The van der Waals surface area contributed by atoms with E-state index >= 15 is 0 Å². The van der Waals surface area contributed by atoms with Gasteiger partial charge in [-0.05, 0) is 12.1 Å². The Labute approximate surface area is 106 Å². The quantitative estimate of drug-likeness (QED) is 0.737. The minimum absolute atomic E-state index is 0.0594. The number of aromatic nitrogens is 5.